The second-order valence-electron chi connectivity index (χ2n) is 6.27. The van der Waals surface area contributed by atoms with Crippen LogP contribution in [0.2, 0.25) is 0 Å². The summed E-state index contributed by atoms with van der Waals surface area (Å²) in [4.78, 5) is 0. The molecule has 3 rings (SSSR count). The van der Waals surface area contributed by atoms with E-state index in [9.17, 15) is 0 Å². The average molecular weight is 350 g/mol. The Kier molecular flexibility index (Phi) is 3.97. The number of hydrogen-bond acceptors (Lipinski definition) is 4. The van der Waals surface area contributed by atoms with Crippen molar-refractivity contribution >= 4 is 21.6 Å². The van der Waals surface area contributed by atoms with Gasteiger partial charge in [-0.3, -0.25) is 0 Å². The number of rotatable bonds is 3. The monoisotopic (exact) mass is 349 g/mol. The number of benzene rings is 1. The van der Waals surface area contributed by atoms with E-state index in [2.05, 4.69) is 38.4 Å². The lowest BCUT2D eigenvalue weighted by Gasteiger charge is -2.33. The maximum absolute atomic E-state index is 5.96. The van der Waals surface area contributed by atoms with E-state index < -0.39 is 0 Å². The molecular formula is C15H20BrN5. The lowest BCUT2D eigenvalue weighted by Crippen LogP contribution is -2.27. The van der Waals surface area contributed by atoms with Crippen LogP contribution in [0.3, 0.4) is 0 Å². The number of aromatic nitrogens is 4. The topological polar surface area (TPSA) is 69.6 Å². The molecule has 1 aromatic carbocycles. The van der Waals surface area contributed by atoms with E-state index >= 15 is 0 Å². The van der Waals surface area contributed by atoms with Crippen LogP contribution in [0.5, 0.6) is 0 Å². The van der Waals surface area contributed by atoms with Crippen LogP contribution in [0.4, 0.5) is 5.69 Å². The van der Waals surface area contributed by atoms with Crippen molar-refractivity contribution < 1.29 is 0 Å². The molecule has 0 spiro atoms. The minimum absolute atomic E-state index is 0.295. The van der Waals surface area contributed by atoms with Crippen LogP contribution in [0.15, 0.2) is 22.7 Å². The predicted molar refractivity (Wildman–Crippen MR) is 86.6 cm³/mol. The Morgan fingerprint density at radius 3 is 2.76 bits per heavy atom. The fourth-order valence-corrected chi connectivity index (χ4v) is 3.37. The molecule has 0 unspecified atom stereocenters. The summed E-state index contributed by atoms with van der Waals surface area (Å²) in [6, 6.07) is 5.84. The van der Waals surface area contributed by atoms with Gasteiger partial charge in [0.15, 0.2) is 5.82 Å². The second-order valence-corrected chi connectivity index (χ2v) is 7.12. The number of halogens is 1. The molecule has 2 N–H and O–H groups in total. The van der Waals surface area contributed by atoms with Crippen LogP contribution in [0.25, 0.3) is 11.4 Å². The molecule has 6 heteroatoms. The number of anilines is 1. The van der Waals surface area contributed by atoms with Crippen LogP contribution in [0, 0.1) is 5.41 Å². The Morgan fingerprint density at radius 1 is 1.29 bits per heavy atom. The van der Waals surface area contributed by atoms with Crippen molar-refractivity contribution in [2.75, 3.05) is 5.73 Å². The van der Waals surface area contributed by atoms with Crippen molar-refractivity contribution in [1.82, 2.24) is 20.2 Å². The molecule has 1 fully saturated rings. The highest BCUT2D eigenvalue weighted by molar-refractivity contribution is 9.10. The largest absolute Gasteiger partial charge is 0.398 e. The fourth-order valence-electron chi connectivity index (χ4n) is 3.13. The zero-order valence-electron chi connectivity index (χ0n) is 12.2. The number of nitrogens with two attached hydrogens (primary N) is 1. The lowest BCUT2D eigenvalue weighted by molar-refractivity contribution is 0.175. The third kappa shape index (κ3) is 3.10. The van der Waals surface area contributed by atoms with Crippen LogP contribution in [-0.4, -0.2) is 20.2 Å². The Morgan fingerprint density at radius 2 is 2.05 bits per heavy atom. The molecule has 1 saturated carbocycles. The summed E-state index contributed by atoms with van der Waals surface area (Å²) >= 11 is 3.42. The van der Waals surface area contributed by atoms with Crippen LogP contribution in [0.1, 0.15) is 39.0 Å². The molecule has 0 amide bonds. The lowest BCUT2D eigenvalue weighted by atomic mass is 9.76. The van der Waals surface area contributed by atoms with E-state index in [1.54, 1.807) is 0 Å². The van der Waals surface area contributed by atoms with Crippen LogP contribution in [-0.2, 0) is 6.54 Å². The maximum atomic E-state index is 5.96. The Labute approximate surface area is 133 Å². The number of tetrazole rings is 1. The Hall–Kier alpha value is -1.43. The van der Waals surface area contributed by atoms with Crippen molar-refractivity contribution in [3.05, 3.63) is 22.7 Å². The van der Waals surface area contributed by atoms with Gasteiger partial charge in [0, 0.05) is 15.7 Å². The van der Waals surface area contributed by atoms with E-state index in [0.717, 1.165) is 22.4 Å². The summed E-state index contributed by atoms with van der Waals surface area (Å²) in [5.41, 5.74) is 7.92. The van der Waals surface area contributed by atoms with Gasteiger partial charge in [0.05, 0.1) is 6.54 Å². The molecule has 0 bridgehead atoms. The van der Waals surface area contributed by atoms with Gasteiger partial charge in [0.25, 0.3) is 0 Å². The molecule has 1 heterocycles. The van der Waals surface area contributed by atoms with E-state index in [4.69, 9.17) is 5.73 Å². The van der Waals surface area contributed by atoms with Gasteiger partial charge >= 0.3 is 0 Å². The standard InChI is InChI=1S/C15H20BrN5/c1-15(7-3-2-4-8-15)10-21-14(18-19-20-21)11-5-6-12(16)13(17)9-11/h5-6,9H,2-4,7-8,10,17H2,1H3. The first-order chi connectivity index (χ1) is 10.1. The van der Waals surface area contributed by atoms with Gasteiger partial charge in [-0.1, -0.05) is 26.2 Å². The molecule has 2 aromatic rings. The normalized spacial score (nSPS) is 17.8. The third-order valence-corrected chi connectivity index (χ3v) is 5.10. The maximum Gasteiger partial charge on any atom is 0.182 e. The Balaban J connectivity index is 1.88. The number of nitrogens with zero attached hydrogens (tertiary/aromatic N) is 4. The highest BCUT2D eigenvalue weighted by atomic mass is 79.9. The van der Waals surface area contributed by atoms with Gasteiger partial charge in [0.2, 0.25) is 0 Å². The van der Waals surface area contributed by atoms with Crippen LogP contribution < -0.4 is 5.73 Å². The van der Waals surface area contributed by atoms with E-state index in [-0.39, 0.29) is 0 Å². The van der Waals surface area contributed by atoms with Gasteiger partial charge in [-0.25, -0.2) is 4.68 Å². The first kappa shape index (κ1) is 14.5. The number of nitrogen functional groups attached to an aromatic ring is 1. The number of hydrogen-bond donors (Lipinski definition) is 1. The van der Waals surface area contributed by atoms with Gasteiger partial charge in [-0.15, -0.1) is 5.10 Å². The van der Waals surface area contributed by atoms with Crippen molar-refractivity contribution in [2.45, 2.75) is 45.6 Å². The first-order valence-corrected chi connectivity index (χ1v) is 8.18. The molecule has 1 aromatic heterocycles. The van der Waals surface area contributed by atoms with Crippen LogP contribution >= 0.6 is 15.9 Å². The van der Waals surface area contributed by atoms with Crippen molar-refractivity contribution in [3.63, 3.8) is 0 Å². The van der Waals surface area contributed by atoms with Gasteiger partial charge < -0.3 is 5.73 Å². The minimum atomic E-state index is 0.295. The van der Waals surface area contributed by atoms with E-state index in [0.29, 0.717) is 11.1 Å². The SMILES string of the molecule is CC1(Cn2nnnc2-c2ccc(Br)c(N)c2)CCCCC1. The quantitative estimate of drug-likeness (QED) is 0.858. The molecule has 21 heavy (non-hydrogen) atoms. The molecule has 0 aliphatic heterocycles. The minimum Gasteiger partial charge on any atom is -0.398 e. The predicted octanol–water partition coefficient (Wildman–Crippen LogP) is 3.66. The van der Waals surface area contributed by atoms with Gasteiger partial charge in [-0.05, 0) is 62.8 Å². The highest BCUT2D eigenvalue weighted by Crippen LogP contribution is 2.37. The molecule has 0 saturated heterocycles. The van der Waals surface area contributed by atoms with Gasteiger partial charge in [0.1, 0.15) is 0 Å². The summed E-state index contributed by atoms with van der Waals surface area (Å²) in [5.74, 6) is 0.793. The summed E-state index contributed by atoms with van der Waals surface area (Å²) in [6.07, 6.45) is 6.45. The summed E-state index contributed by atoms with van der Waals surface area (Å²) in [6.45, 7) is 3.21. The van der Waals surface area contributed by atoms with Crippen molar-refractivity contribution in [1.29, 1.82) is 0 Å². The third-order valence-electron chi connectivity index (χ3n) is 4.38. The summed E-state index contributed by atoms with van der Waals surface area (Å²) in [5, 5.41) is 12.2. The fraction of sp³-hybridized carbons (Fsp3) is 0.533. The molecule has 112 valence electrons. The first-order valence-electron chi connectivity index (χ1n) is 7.39. The second kappa shape index (κ2) is 5.75. The summed E-state index contributed by atoms with van der Waals surface area (Å²) in [7, 11) is 0. The van der Waals surface area contributed by atoms with E-state index in [1.165, 1.54) is 32.1 Å². The highest BCUT2D eigenvalue weighted by Gasteiger charge is 2.29. The zero-order valence-corrected chi connectivity index (χ0v) is 13.8. The average Bonchev–Trinajstić information content (AvgIpc) is 2.90. The van der Waals surface area contributed by atoms with Crippen molar-refractivity contribution in [3.8, 4) is 11.4 Å². The van der Waals surface area contributed by atoms with Crippen molar-refractivity contribution in [2.24, 2.45) is 5.41 Å². The zero-order chi connectivity index (χ0) is 14.9. The van der Waals surface area contributed by atoms with E-state index in [1.807, 2.05) is 22.9 Å². The smallest absolute Gasteiger partial charge is 0.182 e. The van der Waals surface area contributed by atoms with Gasteiger partial charge in [-0.2, -0.15) is 0 Å². The summed E-state index contributed by atoms with van der Waals surface area (Å²) < 4.78 is 2.82. The molecule has 5 nitrogen and oxygen atoms in total. The molecular weight excluding hydrogens is 330 g/mol. The molecule has 0 atom stereocenters. The molecule has 1 aliphatic carbocycles. The molecule has 0 radical (unpaired) electrons. The molecule has 1 aliphatic rings. The Bertz CT molecular complexity index is 631.